The van der Waals surface area contributed by atoms with Crippen molar-refractivity contribution in [3.63, 3.8) is 0 Å². The summed E-state index contributed by atoms with van der Waals surface area (Å²) >= 11 is 0. The third kappa shape index (κ3) is 4.78. The second-order valence-corrected chi connectivity index (χ2v) is 6.17. The van der Waals surface area contributed by atoms with Crippen LogP contribution in [0.3, 0.4) is 0 Å². The van der Waals surface area contributed by atoms with Crippen LogP contribution in [0.5, 0.6) is 0 Å². The minimum atomic E-state index is 0.0336. The molecule has 0 saturated heterocycles. The van der Waals surface area contributed by atoms with Crippen molar-refractivity contribution in [2.75, 3.05) is 0 Å². The second kappa shape index (κ2) is 6.85. The van der Waals surface area contributed by atoms with Gasteiger partial charge in [-0.15, -0.1) is 0 Å². The molecule has 0 spiro atoms. The van der Waals surface area contributed by atoms with Crippen molar-refractivity contribution < 1.29 is 0 Å². The van der Waals surface area contributed by atoms with Crippen LogP contribution in [-0.2, 0) is 13.1 Å². The van der Waals surface area contributed by atoms with E-state index < -0.39 is 0 Å². The van der Waals surface area contributed by atoms with E-state index in [9.17, 15) is 4.79 Å². The fourth-order valence-electron chi connectivity index (χ4n) is 1.81. The van der Waals surface area contributed by atoms with E-state index in [1.54, 1.807) is 4.68 Å². The summed E-state index contributed by atoms with van der Waals surface area (Å²) in [6.07, 6.45) is 0. The van der Waals surface area contributed by atoms with Crippen LogP contribution in [0.25, 0.3) is 0 Å². The lowest BCUT2D eigenvalue weighted by Crippen LogP contribution is -2.33. The normalized spacial score (nSPS) is 11.8. The zero-order chi connectivity index (χ0) is 14.6. The molecule has 0 aliphatic heterocycles. The number of aromatic nitrogens is 2. The summed E-state index contributed by atoms with van der Waals surface area (Å²) in [6.45, 7) is 13.8. The van der Waals surface area contributed by atoms with Gasteiger partial charge in [0.25, 0.3) is 5.56 Å². The summed E-state index contributed by atoms with van der Waals surface area (Å²) in [7, 11) is 0. The summed E-state index contributed by atoms with van der Waals surface area (Å²) in [4.78, 5) is 12.4. The second-order valence-electron chi connectivity index (χ2n) is 6.17. The summed E-state index contributed by atoms with van der Waals surface area (Å²) in [5.74, 6) is 0.746. The third-order valence-corrected chi connectivity index (χ3v) is 2.90. The number of rotatable bonds is 6. The SMILES string of the molecule is CC(C)Cn1nc(C(C)C)cc(CNC(C)C)c1=O. The van der Waals surface area contributed by atoms with Gasteiger partial charge >= 0.3 is 0 Å². The summed E-state index contributed by atoms with van der Waals surface area (Å²) in [5, 5.41) is 7.78. The number of nitrogens with one attached hydrogen (secondary N) is 1. The van der Waals surface area contributed by atoms with E-state index >= 15 is 0 Å². The van der Waals surface area contributed by atoms with Crippen LogP contribution in [0, 0.1) is 5.92 Å². The first-order valence-electron chi connectivity index (χ1n) is 7.15. The molecule has 108 valence electrons. The molecule has 0 atom stereocenters. The predicted octanol–water partition coefficient (Wildman–Crippen LogP) is 2.52. The standard InChI is InChI=1S/C15H27N3O/c1-10(2)9-18-15(19)13(8-16-12(5)6)7-14(17-18)11(3)4/h7,10-12,16H,8-9H2,1-6H3. The Labute approximate surface area is 116 Å². The van der Waals surface area contributed by atoms with Crippen LogP contribution in [0.1, 0.15) is 58.7 Å². The highest BCUT2D eigenvalue weighted by molar-refractivity contribution is 5.16. The van der Waals surface area contributed by atoms with E-state index in [1.165, 1.54) is 0 Å². The van der Waals surface area contributed by atoms with Crippen molar-refractivity contribution in [2.24, 2.45) is 5.92 Å². The Morgan fingerprint density at radius 1 is 1.21 bits per heavy atom. The molecule has 0 fully saturated rings. The van der Waals surface area contributed by atoms with Crippen molar-refractivity contribution in [1.82, 2.24) is 15.1 Å². The lowest BCUT2D eigenvalue weighted by molar-refractivity contribution is 0.449. The van der Waals surface area contributed by atoms with E-state index in [4.69, 9.17) is 0 Å². The first kappa shape index (κ1) is 15.9. The molecule has 0 aliphatic rings. The topological polar surface area (TPSA) is 46.9 Å². The zero-order valence-corrected chi connectivity index (χ0v) is 13.0. The van der Waals surface area contributed by atoms with Gasteiger partial charge in [-0.2, -0.15) is 5.10 Å². The van der Waals surface area contributed by atoms with Gasteiger partial charge in [0, 0.05) is 24.7 Å². The van der Waals surface area contributed by atoms with Gasteiger partial charge < -0.3 is 5.32 Å². The first-order chi connectivity index (χ1) is 8.81. The van der Waals surface area contributed by atoms with Gasteiger partial charge in [-0.25, -0.2) is 4.68 Å². The van der Waals surface area contributed by atoms with E-state index in [0.717, 1.165) is 11.3 Å². The van der Waals surface area contributed by atoms with Crippen LogP contribution in [0.15, 0.2) is 10.9 Å². The number of hydrogen-bond donors (Lipinski definition) is 1. The van der Waals surface area contributed by atoms with E-state index in [2.05, 4.69) is 52.0 Å². The predicted molar refractivity (Wildman–Crippen MR) is 79.4 cm³/mol. The van der Waals surface area contributed by atoms with E-state index in [1.807, 2.05) is 6.07 Å². The van der Waals surface area contributed by atoms with Crippen LogP contribution in [0.2, 0.25) is 0 Å². The first-order valence-corrected chi connectivity index (χ1v) is 7.15. The molecule has 0 radical (unpaired) electrons. The summed E-state index contributed by atoms with van der Waals surface area (Å²) in [5.41, 5.74) is 1.83. The largest absolute Gasteiger partial charge is 0.310 e. The molecule has 0 unspecified atom stereocenters. The molecule has 1 aromatic heterocycles. The molecule has 4 nitrogen and oxygen atoms in total. The third-order valence-electron chi connectivity index (χ3n) is 2.90. The van der Waals surface area contributed by atoms with Gasteiger partial charge in [-0.3, -0.25) is 4.79 Å². The monoisotopic (exact) mass is 265 g/mol. The minimum absolute atomic E-state index is 0.0336. The van der Waals surface area contributed by atoms with Crippen LogP contribution in [0.4, 0.5) is 0 Å². The average Bonchev–Trinajstić information content (AvgIpc) is 2.29. The molecular weight excluding hydrogens is 238 g/mol. The van der Waals surface area contributed by atoms with Crippen molar-refractivity contribution in [1.29, 1.82) is 0 Å². The maximum atomic E-state index is 12.4. The molecule has 0 bridgehead atoms. The number of nitrogens with zero attached hydrogens (tertiary/aromatic N) is 2. The van der Waals surface area contributed by atoms with E-state index in [0.29, 0.717) is 31.0 Å². The fraction of sp³-hybridized carbons (Fsp3) is 0.733. The molecule has 1 heterocycles. The minimum Gasteiger partial charge on any atom is -0.310 e. The molecular formula is C15H27N3O. The van der Waals surface area contributed by atoms with Gasteiger partial charge in [-0.05, 0) is 17.9 Å². The zero-order valence-electron chi connectivity index (χ0n) is 13.0. The van der Waals surface area contributed by atoms with Gasteiger partial charge in [0.05, 0.1) is 5.69 Å². The average molecular weight is 265 g/mol. The van der Waals surface area contributed by atoms with Gasteiger partial charge in [0.2, 0.25) is 0 Å². The molecule has 4 heteroatoms. The lowest BCUT2D eigenvalue weighted by atomic mass is 10.1. The van der Waals surface area contributed by atoms with Gasteiger partial charge in [0.15, 0.2) is 0 Å². The van der Waals surface area contributed by atoms with Crippen molar-refractivity contribution in [3.8, 4) is 0 Å². The quantitative estimate of drug-likeness (QED) is 0.859. The highest BCUT2D eigenvalue weighted by Crippen LogP contribution is 2.11. The molecule has 1 aromatic rings. The highest BCUT2D eigenvalue weighted by atomic mass is 16.1. The smallest absolute Gasteiger partial charge is 0.271 e. The Kier molecular flexibility index (Phi) is 5.73. The van der Waals surface area contributed by atoms with Crippen LogP contribution in [-0.4, -0.2) is 15.8 Å². The molecule has 19 heavy (non-hydrogen) atoms. The molecule has 1 N–H and O–H groups in total. The molecule has 0 aromatic carbocycles. The Bertz CT molecular complexity index is 461. The maximum Gasteiger partial charge on any atom is 0.271 e. The Morgan fingerprint density at radius 2 is 1.84 bits per heavy atom. The fourth-order valence-corrected chi connectivity index (χ4v) is 1.81. The Balaban J connectivity index is 3.13. The lowest BCUT2D eigenvalue weighted by Gasteiger charge is -2.15. The van der Waals surface area contributed by atoms with Crippen molar-refractivity contribution in [3.05, 3.63) is 27.7 Å². The number of hydrogen-bond acceptors (Lipinski definition) is 3. The van der Waals surface area contributed by atoms with Gasteiger partial charge in [0.1, 0.15) is 0 Å². The van der Waals surface area contributed by atoms with E-state index in [-0.39, 0.29) is 5.56 Å². The molecule has 1 rings (SSSR count). The molecule has 0 amide bonds. The molecule has 0 aliphatic carbocycles. The van der Waals surface area contributed by atoms with Gasteiger partial charge in [-0.1, -0.05) is 41.5 Å². The van der Waals surface area contributed by atoms with Crippen LogP contribution >= 0.6 is 0 Å². The van der Waals surface area contributed by atoms with Crippen molar-refractivity contribution in [2.45, 2.75) is 66.6 Å². The highest BCUT2D eigenvalue weighted by Gasteiger charge is 2.12. The Hall–Kier alpha value is -1.16. The summed E-state index contributed by atoms with van der Waals surface area (Å²) < 4.78 is 1.62. The maximum absolute atomic E-state index is 12.4. The molecule has 0 saturated carbocycles. The van der Waals surface area contributed by atoms with Crippen LogP contribution < -0.4 is 10.9 Å². The summed E-state index contributed by atoms with van der Waals surface area (Å²) in [6, 6.07) is 2.31. The van der Waals surface area contributed by atoms with Crippen molar-refractivity contribution >= 4 is 0 Å². The Morgan fingerprint density at radius 3 is 2.32 bits per heavy atom.